The van der Waals surface area contributed by atoms with Gasteiger partial charge in [0.05, 0.1) is 23.2 Å². The molecule has 0 saturated heterocycles. The second kappa shape index (κ2) is 8.92. The summed E-state index contributed by atoms with van der Waals surface area (Å²) in [6.07, 6.45) is 2.65. The lowest BCUT2D eigenvalue weighted by Crippen LogP contribution is -2.25. The third-order valence-electron chi connectivity index (χ3n) is 4.09. The third kappa shape index (κ3) is 4.81. The highest BCUT2D eigenvalue weighted by Gasteiger charge is 2.10. The second-order valence-corrected chi connectivity index (χ2v) is 7.47. The van der Waals surface area contributed by atoms with Crippen molar-refractivity contribution < 1.29 is 4.74 Å². The Labute approximate surface area is 162 Å². The predicted octanol–water partition coefficient (Wildman–Crippen LogP) is 4.03. The Morgan fingerprint density at radius 1 is 1.33 bits per heavy atom. The van der Waals surface area contributed by atoms with Crippen LogP contribution in [0.15, 0.2) is 45.6 Å². The average molecular weight is 385 g/mol. The molecule has 0 saturated carbocycles. The molecule has 0 atom stereocenters. The molecule has 142 valence electrons. The normalized spacial score (nSPS) is 11.7. The molecule has 1 N–H and O–H groups in total. The number of ether oxygens (including phenoxy) is 1. The van der Waals surface area contributed by atoms with Gasteiger partial charge in [0, 0.05) is 18.0 Å². The SMILES string of the molecule is Cc1ccsc1/C=N\Nc1nc2ccccc2c(=O)n1CCCOC(C)C. The van der Waals surface area contributed by atoms with Gasteiger partial charge in [0.1, 0.15) is 0 Å². The molecule has 1 aromatic carbocycles. The summed E-state index contributed by atoms with van der Waals surface area (Å²) < 4.78 is 7.22. The Balaban J connectivity index is 1.86. The fourth-order valence-electron chi connectivity index (χ4n) is 2.67. The van der Waals surface area contributed by atoms with E-state index >= 15 is 0 Å². The van der Waals surface area contributed by atoms with Gasteiger partial charge in [-0.15, -0.1) is 11.3 Å². The number of aryl methyl sites for hydroxylation is 1. The first kappa shape index (κ1) is 19.3. The number of aromatic nitrogens is 2. The number of nitrogens with zero attached hydrogens (tertiary/aromatic N) is 3. The first-order valence-electron chi connectivity index (χ1n) is 9.00. The molecule has 0 aliphatic rings. The quantitative estimate of drug-likeness (QED) is 0.362. The summed E-state index contributed by atoms with van der Waals surface area (Å²) in [5, 5.41) is 6.92. The van der Waals surface area contributed by atoms with Gasteiger partial charge in [-0.3, -0.25) is 9.36 Å². The highest BCUT2D eigenvalue weighted by Crippen LogP contribution is 2.14. The maximum Gasteiger partial charge on any atom is 0.262 e. The van der Waals surface area contributed by atoms with Gasteiger partial charge in [0.25, 0.3) is 5.56 Å². The van der Waals surface area contributed by atoms with Crippen LogP contribution in [0.3, 0.4) is 0 Å². The van der Waals surface area contributed by atoms with Crippen molar-refractivity contribution in [3.8, 4) is 0 Å². The van der Waals surface area contributed by atoms with Crippen molar-refractivity contribution >= 4 is 34.4 Å². The van der Waals surface area contributed by atoms with Gasteiger partial charge in [0.2, 0.25) is 5.95 Å². The molecule has 0 radical (unpaired) electrons. The van der Waals surface area contributed by atoms with Gasteiger partial charge in [0.15, 0.2) is 0 Å². The Bertz CT molecular complexity index is 991. The number of nitrogens with one attached hydrogen (secondary N) is 1. The zero-order valence-electron chi connectivity index (χ0n) is 15.8. The lowest BCUT2D eigenvalue weighted by molar-refractivity contribution is 0.0748. The molecule has 0 fully saturated rings. The van der Waals surface area contributed by atoms with E-state index in [2.05, 4.69) is 15.5 Å². The summed E-state index contributed by atoms with van der Waals surface area (Å²) >= 11 is 1.62. The van der Waals surface area contributed by atoms with Crippen LogP contribution in [-0.4, -0.2) is 28.5 Å². The summed E-state index contributed by atoms with van der Waals surface area (Å²) in [7, 11) is 0. The molecule has 2 heterocycles. The smallest absolute Gasteiger partial charge is 0.262 e. The van der Waals surface area contributed by atoms with Crippen molar-refractivity contribution in [1.82, 2.24) is 9.55 Å². The van der Waals surface area contributed by atoms with Crippen molar-refractivity contribution in [3.05, 3.63) is 56.5 Å². The molecule has 3 aromatic rings. The summed E-state index contributed by atoms with van der Waals surface area (Å²) in [5.41, 5.74) is 4.70. The van der Waals surface area contributed by atoms with Gasteiger partial charge < -0.3 is 4.74 Å². The van der Waals surface area contributed by atoms with E-state index in [0.29, 0.717) is 30.0 Å². The number of rotatable bonds is 8. The molecule has 0 amide bonds. The van der Waals surface area contributed by atoms with Crippen molar-refractivity contribution in [2.45, 2.75) is 39.8 Å². The highest BCUT2D eigenvalue weighted by atomic mass is 32.1. The largest absolute Gasteiger partial charge is 0.379 e. The Morgan fingerprint density at radius 3 is 2.89 bits per heavy atom. The van der Waals surface area contributed by atoms with Crippen LogP contribution in [-0.2, 0) is 11.3 Å². The van der Waals surface area contributed by atoms with E-state index in [4.69, 9.17) is 4.74 Å². The first-order valence-corrected chi connectivity index (χ1v) is 9.88. The Morgan fingerprint density at radius 2 is 2.15 bits per heavy atom. The van der Waals surface area contributed by atoms with Gasteiger partial charge in [-0.1, -0.05) is 12.1 Å². The number of hydrazone groups is 1. The van der Waals surface area contributed by atoms with E-state index in [-0.39, 0.29) is 11.7 Å². The number of para-hydroxylation sites is 1. The molecular formula is C20H24N4O2S. The summed E-state index contributed by atoms with van der Waals surface area (Å²) in [6, 6.07) is 9.40. The first-order chi connectivity index (χ1) is 13.1. The van der Waals surface area contributed by atoms with E-state index in [1.54, 1.807) is 28.2 Å². The Hall–Kier alpha value is -2.51. The van der Waals surface area contributed by atoms with Gasteiger partial charge >= 0.3 is 0 Å². The molecule has 6 nitrogen and oxygen atoms in total. The van der Waals surface area contributed by atoms with Gasteiger partial charge in [-0.25, -0.2) is 10.4 Å². The molecule has 0 spiro atoms. The van der Waals surface area contributed by atoms with Crippen LogP contribution in [0.1, 0.15) is 30.7 Å². The molecule has 0 aliphatic carbocycles. The minimum atomic E-state index is -0.0739. The van der Waals surface area contributed by atoms with Crippen molar-refractivity contribution in [3.63, 3.8) is 0 Å². The van der Waals surface area contributed by atoms with E-state index in [9.17, 15) is 4.79 Å². The molecule has 0 aliphatic heterocycles. The minimum absolute atomic E-state index is 0.0739. The van der Waals surface area contributed by atoms with E-state index in [1.165, 1.54) is 5.56 Å². The zero-order valence-corrected chi connectivity index (χ0v) is 16.6. The number of anilines is 1. The molecule has 27 heavy (non-hydrogen) atoms. The third-order valence-corrected chi connectivity index (χ3v) is 5.04. The lowest BCUT2D eigenvalue weighted by atomic mass is 10.2. The maximum absolute atomic E-state index is 12.9. The standard InChI is InChI=1S/C20H24N4O2S/c1-14(2)26-11-6-10-24-19(25)16-7-4-5-8-17(16)22-20(24)23-21-13-18-15(3)9-12-27-18/h4-5,7-9,12-14H,6,10-11H2,1-3H3,(H,22,23)/b21-13-. The Kier molecular flexibility index (Phi) is 6.36. The number of benzene rings is 1. The fourth-order valence-corrected chi connectivity index (χ4v) is 3.45. The van der Waals surface area contributed by atoms with Crippen LogP contribution >= 0.6 is 11.3 Å². The molecule has 7 heteroatoms. The van der Waals surface area contributed by atoms with Crippen molar-refractivity contribution in [2.75, 3.05) is 12.0 Å². The average Bonchev–Trinajstić information content (AvgIpc) is 3.05. The van der Waals surface area contributed by atoms with E-state index in [0.717, 1.165) is 11.3 Å². The zero-order chi connectivity index (χ0) is 19.2. The van der Waals surface area contributed by atoms with Crippen LogP contribution in [0, 0.1) is 6.92 Å². The monoisotopic (exact) mass is 384 g/mol. The molecule has 0 unspecified atom stereocenters. The van der Waals surface area contributed by atoms with Crippen molar-refractivity contribution in [2.24, 2.45) is 5.10 Å². The van der Waals surface area contributed by atoms with Crippen molar-refractivity contribution in [1.29, 1.82) is 0 Å². The molecule has 0 bridgehead atoms. The number of fused-ring (bicyclic) bond motifs is 1. The maximum atomic E-state index is 12.9. The summed E-state index contributed by atoms with van der Waals surface area (Å²) in [5.74, 6) is 0.439. The van der Waals surface area contributed by atoms with Crippen LogP contribution in [0.4, 0.5) is 5.95 Å². The lowest BCUT2D eigenvalue weighted by Gasteiger charge is -2.13. The molecule has 3 rings (SSSR count). The van der Waals surface area contributed by atoms with Crippen LogP contribution in [0.25, 0.3) is 10.9 Å². The number of hydrogen-bond donors (Lipinski definition) is 1. The number of hydrogen-bond acceptors (Lipinski definition) is 6. The van der Waals surface area contributed by atoms with E-state index in [1.807, 2.05) is 50.4 Å². The summed E-state index contributed by atoms with van der Waals surface area (Å²) in [4.78, 5) is 18.6. The molecular weight excluding hydrogens is 360 g/mol. The predicted molar refractivity (Wildman–Crippen MR) is 112 cm³/mol. The number of thiophene rings is 1. The van der Waals surface area contributed by atoms with Gasteiger partial charge in [-0.05, 0) is 56.3 Å². The highest BCUT2D eigenvalue weighted by molar-refractivity contribution is 7.11. The summed E-state index contributed by atoms with van der Waals surface area (Å²) in [6.45, 7) is 7.14. The molecule has 2 aromatic heterocycles. The van der Waals surface area contributed by atoms with Crippen LogP contribution < -0.4 is 11.0 Å². The topological polar surface area (TPSA) is 68.5 Å². The van der Waals surface area contributed by atoms with Gasteiger partial charge in [-0.2, -0.15) is 5.10 Å². The van der Waals surface area contributed by atoms with Crippen LogP contribution in [0.5, 0.6) is 0 Å². The second-order valence-electron chi connectivity index (χ2n) is 6.52. The van der Waals surface area contributed by atoms with E-state index < -0.39 is 0 Å². The fraction of sp³-hybridized carbons (Fsp3) is 0.350. The minimum Gasteiger partial charge on any atom is -0.379 e. The van der Waals surface area contributed by atoms with Crippen LogP contribution in [0.2, 0.25) is 0 Å².